The first-order valence-corrected chi connectivity index (χ1v) is 8.39. The van der Waals surface area contributed by atoms with Gasteiger partial charge in [-0.15, -0.1) is 4.72 Å². The molecule has 0 aliphatic heterocycles. The molecule has 2 atom stereocenters. The molecular formula is C15H20F3N3O2S. The Labute approximate surface area is 140 Å². The molecule has 134 valence electrons. The SMILES string of the molecule is Cn1c(=O)n(C)c2cc(C(N[S+]([O-])C(C)(C)C)C(F)(F)F)ccc21. The molecule has 0 aliphatic rings. The van der Waals surface area contributed by atoms with Crippen molar-refractivity contribution in [2.24, 2.45) is 14.1 Å². The molecule has 2 rings (SSSR count). The molecule has 0 saturated heterocycles. The maximum absolute atomic E-state index is 13.5. The molecule has 0 amide bonds. The molecule has 1 aromatic carbocycles. The van der Waals surface area contributed by atoms with Crippen molar-refractivity contribution in [2.75, 3.05) is 0 Å². The van der Waals surface area contributed by atoms with E-state index in [1.54, 1.807) is 27.8 Å². The van der Waals surface area contributed by atoms with Crippen molar-refractivity contribution in [2.45, 2.75) is 37.7 Å². The number of hydrogen-bond acceptors (Lipinski definition) is 3. The molecule has 0 fully saturated rings. The number of rotatable bonds is 3. The third-order valence-corrected chi connectivity index (χ3v) is 5.30. The molecule has 0 spiro atoms. The van der Waals surface area contributed by atoms with Gasteiger partial charge in [-0.1, -0.05) is 6.07 Å². The van der Waals surface area contributed by atoms with Crippen molar-refractivity contribution in [1.82, 2.24) is 13.9 Å². The molecule has 0 bridgehead atoms. The Balaban J connectivity index is 2.53. The average Bonchev–Trinajstić information content (AvgIpc) is 2.67. The minimum Gasteiger partial charge on any atom is -0.598 e. The third kappa shape index (κ3) is 3.47. The van der Waals surface area contributed by atoms with Crippen LogP contribution in [0.25, 0.3) is 11.0 Å². The third-order valence-electron chi connectivity index (χ3n) is 3.74. The number of alkyl halides is 3. The Kier molecular flexibility index (Phi) is 4.82. The smallest absolute Gasteiger partial charge is 0.412 e. The summed E-state index contributed by atoms with van der Waals surface area (Å²) in [5.74, 6) is 0. The largest absolute Gasteiger partial charge is 0.598 e. The zero-order valence-electron chi connectivity index (χ0n) is 14.1. The topological polar surface area (TPSA) is 62.0 Å². The summed E-state index contributed by atoms with van der Waals surface area (Å²) in [5.41, 5.74) is 0.507. The van der Waals surface area contributed by atoms with Gasteiger partial charge in [-0.2, -0.15) is 13.2 Å². The summed E-state index contributed by atoms with van der Waals surface area (Å²) in [6.07, 6.45) is -4.62. The van der Waals surface area contributed by atoms with E-state index in [2.05, 4.69) is 4.72 Å². The van der Waals surface area contributed by atoms with Gasteiger partial charge in [-0.05, 0) is 38.5 Å². The van der Waals surface area contributed by atoms with E-state index in [4.69, 9.17) is 0 Å². The van der Waals surface area contributed by atoms with Gasteiger partial charge in [0, 0.05) is 25.5 Å². The van der Waals surface area contributed by atoms with Crippen LogP contribution in [0.2, 0.25) is 0 Å². The summed E-state index contributed by atoms with van der Waals surface area (Å²) in [7, 11) is 3.05. The Morgan fingerprint density at radius 3 is 2.17 bits per heavy atom. The average molecular weight is 363 g/mol. The van der Waals surface area contributed by atoms with Gasteiger partial charge in [-0.3, -0.25) is 9.13 Å². The van der Waals surface area contributed by atoms with Crippen LogP contribution in [0.15, 0.2) is 23.0 Å². The summed E-state index contributed by atoms with van der Waals surface area (Å²) in [4.78, 5) is 11.9. The molecule has 9 heteroatoms. The molecule has 1 N–H and O–H groups in total. The van der Waals surface area contributed by atoms with E-state index in [-0.39, 0.29) is 11.3 Å². The van der Waals surface area contributed by atoms with Crippen molar-refractivity contribution in [3.05, 3.63) is 34.2 Å². The van der Waals surface area contributed by atoms with Gasteiger partial charge in [0.25, 0.3) is 0 Å². The number of nitrogens with zero attached hydrogens (tertiary/aromatic N) is 2. The number of fused-ring (bicyclic) bond motifs is 1. The number of halogens is 3. The standard InChI is InChI=1S/C15H20F3N3O2S/c1-14(2,3)24(23)19-12(15(16,17)18)9-6-7-10-11(8-9)21(5)13(22)20(10)4/h6-8,12,19H,1-5H3. The zero-order valence-corrected chi connectivity index (χ0v) is 14.9. The number of benzene rings is 1. The lowest BCUT2D eigenvalue weighted by Crippen LogP contribution is -2.45. The fourth-order valence-electron chi connectivity index (χ4n) is 2.31. The highest BCUT2D eigenvalue weighted by Crippen LogP contribution is 2.35. The zero-order chi connectivity index (χ0) is 18.4. The summed E-state index contributed by atoms with van der Waals surface area (Å²) in [5, 5.41) is 0. The lowest BCUT2D eigenvalue weighted by molar-refractivity contribution is -0.153. The number of nitrogens with one attached hydrogen (secondary N) is 1. The second-order valence-corrected chi connectivity index (χ2v) is 8.62. The minimum absolute atomic E-state index is 0.0891. The van der Waals surface area contributed by atoms with Gasteiger partial charge in [0.05, 0.1) is 11.0 Å². The molecule has 5 nitrogen and oxygen atoms in total. The maximum atomic E-state index is 13.5. The van der Waals surface area contributed by atoms with Crippen molar-refractivity contribution in [1.29, 1.82) is 0 Å². The Hall–Kier alpha value is -1.45. The first-order chi connectivity index (χ1) is 10.8. The number of aromatic nitrogens is 2. The highest BCUT2D eigenvalue weighted by Gasteiger charge is 2.45. The predicted octanol–water partition coefficient (Wildman–Crippen LogP) is 2.53. The van der Waals surface area contributed by atoms with Crippen LogP contribution < -0.4 is 10.4 Å². The first-order valence-electron chi connectivity index (χ1n) is 7.24. The van der Waals surface area contributed by atoms with Crippen LogP contribution in [0, 0.1) is 0 Å². The van der Waals surface area contributed by atoms with Crippen molar-refractivity contribution < 1.29 is 17.7 Å². The molecule has 0 saturated carbocycles. The van der Waals surface area contributed by atoms with E-state index >= 15 is 0 Å². The van der Waals surface area contributed by atoms with Crippen molar-refractivity contribution in [3.8, 4) is 0 Å². The molecule has 2 unspecified atom stereocenters. The number of aryl methyl sites for hydroxylation is 2. The summed E-state index contributed by atoms with van der Waals surface area (Å²) in [6.45, 7) is 4.77. The van der Waals surface area contributed by atoms with Crippen LogP contribution in [-0.2, 0) is 25.5 Å². The Morgan fingerprint density at radius 1 is 1.12 bits per heavy atom. The monoisotopic (exact) mass is 363 g/mol. The van der Waals surface area contributed by atoms with E-state index < -0.39 is 28.3 Å². The number of hydrogen-bond donors (Lipinski definition) is 1. The van der Waals surface area contributed by atoms with Gasteiger partial charge in [-0.25, -0.2) is 4.79 Å². The van der Waals surface area contributed by atoms with Crippen LogP contribution >= 0.6 is 0 Å². The normalized spacial score (nSPS) is 15.7. The van der Waals surface area contributed by atoms with E-state index in [1.165, 1.54) is 34.4 Å². The van der Waals surface area contributed by atoms with E-state index in [0.717, 1.165) is 0 Å². The highest BCUT2D eigenvalue weighted by molar-refractivity contribution is 7.90. The van der Waals surface area contributed by atoms with Gasteiger partial charge in [0.15, 0.2) is 6.04 Å². The van der Waals surface area contributed by atoms with Gasteiger partial charge < -0.3 is 4.55 Å². The van der Waals surface area contributed by atoms with Crippen LogP contribution in [0.3, 0.4) is 0 Å². The fraction of sp³-hybridized carbons (Fsp3) is 0.533. The molecule has 2 aromatic rings. The van der Waals surface area contributed by atoms with Crippen LogP contribution in [-0.4, -0.2) is 24.6 Å². The molecule has 1 aromatic heterocycles. The Bertz CT molecular complexity index is 805. The number of imidazole rings is 1. The summed E-state index contributed by atoms with van der Waals surface area (Å²) >= 11 is -1.90. The van der Waals surface area contributed by atoms with Crippen LogP contribution in [0.1, 0.15) is 32.4 Å². The Morgan fingerprint density at radius 2 is 1.67 bits per heavy atom. The van der Waals surface area contributed by atoms with Crippen molar-refractivity contribution >= 4 is 22.4 Å². The summed E-state index contributed by atoms with van der Waals surface area (Å²) in [6, 6.07) is 1.98. The molecule has 0 aliphatic carbocycles. The highest BCUT2D eigenvalue weighted by atomic mass is 32.2. The van der Waals surface area contributed by atoms with Crippen LogP contribution in [0.5, 0.6) is 0 Å². The second kappa shape index (κ2) is 6.12. The quantitative estimate of drug-likeness (QED) is 0.853. The molecular weight excluding hydrogens is 343 g/mol. The fourth-order valence-corrected chi connectivity index (χ4v) is 3.15. The first kappa shape index (κ1) is 18.9. The molecule has 24 heavy (non-hydrogen) atoms. The van der Waals surface area contributed by atoms with Crippen molar-refractivity contribution in [3.63, 3.8) is 0 Å². The molecule has 0 radical (unpaired) electrons. The second-order valence-electron chi connectivity index (χ2n) is 6.62. The van der Waals surface area contributed by atoms with E-state index in [9.17, 15) is 22.5 Å². The van der Waals surface area contributed by atoms with E-state index in [0.29, 0.717) is 11.0 Å². The summed E-state index contributed by atoms with van der Waals surface area (Å²) < 4.78 is 56.5. The minimum atomic E-state index is -4.62. The maximum Gasteiger partial charge on any atom is 0.412 e. The lowest BCUT2D eigenvalue weighted by Gasteiger charge is -2.29. The van der Waals surface area contributed by atoms with Gasteiger partial charge in [0.2, 0.25) is 0 Å². The van der Waals surface area contributed by atoms with Crippen LogP contribution in [0.4, 0.5) is 13.2 Å². The molecule has 1 heterocycles. The van der Waals surface area contributed by atoms with Gasteiger partial charge >= 0.3 is 11.9 Å². The lowest BCUT2D eigenvalue weighted by atomic mass is 10.1. The van der Waals surface area contributed by atoms with Gasteiger partial charge in [0.1, 0.15) is 4.75 Å². The predicted molar refractivity (Wildman–Crippen MR) is 88.0 cm³/mol. The van der Waals surface area contributed by atoms with E-state index in [1.807, 2.05) is 0 Å².